The Hall–Kier alpha value is -3.35. The van der Waals surface area contributed by atoms with E-state index in [1.807, 2.05) is 45.0 Å². The Labute approximate surface area is 201 Å². The molecule has 1 aliphatic carbocycles. The molecule has 0 saturated heterocycles. The molecule has 0 fully saturated rings. The number of carbonyl (C=O) groups excluding carboxylic acids is 2. The summed E-state index contributed by atoms with van der Waals surface area (Å²) in [6.45, 7) is 7.94. The van der Waals surface area contributed by atoms with Gasteiger partial charge < -0.3 is 20.1 Å². The average Bonchev–Trinajstić information content (AvgIpc) is 3.13. The average molecular weight is 467 g/mol. The summed E-state index contributed by atoms with van der Waals surface area (Å²) < 4.78 is 5.62. The quantitative estimate of drug-likeness (QED) is 0.531. The van der Waals surface area contributed by atoms with Crippen LogP contribution in [0.3, 0.4) is 0 Å². The maximum Gasteiger partial charge on any atom is 0.407 e. The van der Waals surface area contributed by atoms with Crippen molar-refractivity contribution in [2.24, 2.45) is 5.92 Å². The molecule has 7 heteroatoms. The van der Waals surface area contributed by atoms with Crippen molar-refractivity contribution in [1.29, 1.82) is 0 Å². The zero-order valence-electron chi connectivity index (χ0n) is 20.3. The van der Waals surface area contributed by atoms with Gasteiger partial charge in [0.05, 0.1) is 5.92 Å². The van der Waals surface area contributed by atoms with Gasteiger partial charge in [0.15, 0.2) is 0 Å². The van der Waals surface area contributed by atoms with Gasteiger partial charge >= 0.3 is 12.1 Å². The fraction of sp³-hybridized carbons (Fsp3) is 0.444. The third-order valence-corrected chi connectivity index (χ3v) is 6.40. The monoisotopic (exact) mass is 466 g/mol. The van der Waals surface area contributed by atoms with E-state index in [9.17, 15) is 14.4 Å². The van der Waals surface area contributed by atoms with Crippen molar-refractivity contribution < 1.29 is 24.2 Å². The van der Waals surface area contributed by atoms with E-state index in [1.165, 1.54) is 11.1 Å². The minimum atomic E-state index is -0.927. The maximum absolute atomic E-state index is 12.6. The molecule has 7 nitrogen and oxygen atoms in total. The van der Waals surface area contributed by atoms with Crippen LogP contribution in [0.5, 0.6) is 0 Å². The van der Waals surface area contributed by atoms with Crippen LogP contribution >= 0.6 is 0 Å². The highest BCUT2D eigenvalue weighted by Gasteiger charge is 2.30. The summed E-state index contributed by atoms with van der Waals surface area (Å²) in [4.78, 5) is 37.8. The summed E-state index contributed by atoms with van der Waals surface area (Å²) >= 11 is 0. The normalized spacial score (nSPS) is 13.5. The zero-order valence-corrected chi connectivity index (χ0v) is 20.3. The molecule has 3 rings (SSSR count). The van der Waals surface area contributed by atoms with Crippen LogP contribution in [-0.4, -0.2) is 53.2 Å². The number of carboxylic acid groups (broad SMARTS) is 1. The van der Waals surface area contributed by atoms with Crippen molar-refractivity contribution in [1.82, 2.24) is 10.2 Å². The number of hydrogen-bond donors (Lipinski definition) is 2. The predicted molar refractivity (Wildman–Crippen MR) is 131 cm³/mol. The van der Waals surface area contributed by atoms with Crippen molar-refractivity contribution in [3.63, 3.8) is 0 Å². The number of rotatable bonds is 10. The highest BCUT2D eigenvalue weighted by molar-refractivity contribution is 5.79. The van der Waals surface area contributed by atoms with Gasteiger partial charge in [-0.05, 0) is 49.4 Å². The van der Waals surface area contributed by atoms with Crippen molar-refractivity contribution in [3.05, 3.63) is 59.7 Å². The van der Waals surface area contributed by atoms with Gasteiger partial charge in [-0.1, -0.05) is 55.5 Å². The summed E-state index contributed by atoms with van der Waals surface area (Å²) in [6.07, 6.45) is 0.0938. The predicted octanol–water partition coefficient (Wildman–Crippen LogP) is 4.65. The van der Waals surface area contributed by atoms with Crippen LogP contribution in [0.25, 0.3) is 11.1 Å². The number of hydrogen-bond acceptors (Lipinski definition) is 4. The fourth-order valence-corrected chi connectivity index (χ4v) is 4.37. The van der Waals surface area contributed by atoms with Crippen LogP contribution in [0.2, 0.25) is 0 Å². The Kier molecular flexibility index (Phi) is 7.97. The van der Waals surface area contributed by atoms with Crippen molar-refractivity contribution in [2.75, 3.05) is 19.7 Å². The lowest BCUT2D eigenvalue weighted by Gasteiger charge is -2.28. The summed E-state index contributed by atoms with van der Waals surface area (Å²) in [5.74, 6) is -1.70. The molecule has 182 valence electrons. The lowest BCUT2D eigenvalue weighted by molar-refractivity contribution is -0.143. The fourth-order valence-electron chi connectivity index (χ4n) is 4.37. The molecule has 0 bridgehead atoms. The van der Waals surface area contributed by atoms with Crippen molar-refractivity contribution in [3.8, 4) is 11.1 Å². The van der Waals surface area contributed by atoms with Gasteiger partial charge in [0.25, 0.3) is 0 Å². The molecule has 0 radical (unpaired) electrons. The topological polar surface area (TPSA) is 95.9 Å². The number of ether oxygens (including phenoxy) is 1. The Balaban J connectivity index is 1.53. The van der Waals surface area contributed by atoms with Crippen LogP contribution in [0.15, 0.2) is 48.5 Å². The van der Waals surface area contributed by atoms with Gasteiger partial charge in [-0.25, -0.2) is 4.79 Å². The van der Waals surface area contributed by atoms with E-state index in [0.717, 1.165) is 11.1 Å². The molecule has 0 aliphatic heterocycles. The minimum absolute atomic E-state index is 0.0165. The first kappa shape index (κ1) is 25.3. The lowest BCUT2D eigenvalue weighted by atomic mass is 9.97. The number of aliphatic carboxylic acids is 1. The molecule has 1 unspecified atom stereocenters. The van der Waals surface area contributed by atoms with E-state index >= 15 is 0 Å². The molecule has 2 aromatic carbocycles. The molecule has 1 atom stereocenters. The number of carboxylic acids is 1. The second kappa shape index (κ2) is 10.7. The number of carbonyl (C=O) groups is 3. The molecule has 0 aromatic heterocycles. The Morgan fingerprint density at radius 1 is 1.06 bits per heavy atom. The summed E-state index contributed by atoms with van der Waals surface area (Å²) in [5, 5.41) is 12.0. The van der Waals surface area contributed by atoms with Crippen LogP contribution < -0.4 is 5.32 Å². The minimum Gasteiger partial charge on any atom is -0.481 e. The van der Waals surface area contributed by atoms with E-state index in [2.05, 4.69) is 29.6 Å². The highest BCUT2D eigenvalue weighted by Crippen LogP contribution is 2.44. The van der Waals surface area contributed by atoms with E-state index in [1.54, 1.807) is 11.8 Å². The Morgan fingerprint density at radius 2 is 1.62 bits per heavy atom. The van der Waals surface area contributed by atoms with Crippen molar-refractivity contribution >= 4 is 18.0 Å². The maximum atomic E-state index is 12.6. The van der Waals surface area contributed by atoms with E-state index in [4.69, 9.17) is 9.84 Å². The standard InChI is InChI=1S/C27H34N2O5/c1-5-29(16-18(2)25(31)32)24(30)14-15-27(3,4)28-26(33)34-17-23-21-12-8-6-10-19(21)20-11-7-9-13-22(20)23/h6-13,18,23H,5,14-17H2,1-4H3,(H,28,33)(H,31,32). The van der Waals surface area contributed by atoms with Crippen LogP contribution in [-0.2, 0) is 14.3 Å². The first-order valence-electron chi connectivity index (χ1n) is 11.8. The molecule has 2 N–H and O–H groups in total. The highest BCUT2D eigenvalue weighted by atomic mass is 16.5. The molecular weight excluding hydrogens is 432 g/mol. The second-order valence-corrected chi connectivity index (χ2v) is 9.51. The van der Waals surface area contributed by atoms with Gasteiger partial charge in [-0.3, -0.25) is 9.59 Å². The van der Waals surface area contributed by atoms with Crippen LogP contribution in [0.1, 0.15) is 57.6 Å². The van der Waals surface area contributed by atoms with Gasteiger partial charge in [0, 0.05) is 31.0 Å². The van der Waals surface area contributed by atoms with Crippen molar-refractivity contribution in [2.45, 2.75) is 52.0 Å². The van der Waals surface area contributed by atoms with Crippen LogP contribution in [0.4, 0.5) is 4.79 Å². The molecule has 0 spiro atoms. The lowest BCUT2D eigenvalue weighted by Crippen LogP contribution is -2.45. The molecule has 2 amide bonds. The van der Waals surface area contributed by atoms with E-state index in [0.29, 0.717) is 13.0 Å². The number of nitrogens with one attached hydrogen (secondary N) is 1. The SMILES string of the molecule is CCN(CC(C)C(=O)O)C(=O)CCC(C)(C)NC(=O)OCC1c2ccccc2-c2ccccc21. The summed E-state index contributed by atoms with van der Waals surface area (Å²) in [5.41, 5.74) is 3.98. The Bertz CT molecular complexity index is 1000. The smallest absolute Gasteiger partial charge is 0.407 e. The molecular formula is C27H34N2O5. The number of nitrogens with zero attached hydrogens (tertiary/aromatic N) is 1. The van der Waals surface area contributed by atoms with Crippen LogP contribution in [0, 0.1) is 5.92 Å². The summed E-state index contributed by atoms with van der Waals surface area (Å²) in [7, 11) is 0. The molecule has 0 saturated carbocycles. The van der Waals surface area contributed by atoms with Gasteiger partial charge in [-0.2, -0.15) is 0 Å². The molecule has 0 heterocycles. The van der Waals surface area contributed by atoms with E-state index in [-0.39, 0.29) is 31.4 Å². The number of alkyl carbamates (subject to hydrolysis) is 1. The molecule has 2 aromatic rings. The molecule has 1 aliphatic rings. The van der Waals surface area contributed by atoms with Gasteiger partial charge in [-0.15, -0.1) is 0 Å². The molecule has 34 heavy (non-hydrogen) atoms. The number of benzene rings is 2. The number of fused-ring (bicyclic) bond motifs is 3. The largest absolute Gasteiger partial charge is 0.481 e. The first-order valence-corrected chi connectivity index (χ1v) is 11.8. The second-order valence-electron chi connectivity index (χ2n) is 9.51. The van der Waals surface area contributed by atoms with Gasteiger partial charge in [0.1, 0.15) is 6.61 Å². The van der Waals surface area contributed by atoms with Gasteiger partial charge in [0.2, 0.25) is 5.91 Å². The summed E-state index contributed by atoms with van der Waals surface area (Å²) in [6, 6.07) is 16.3. The zero-order chi connectivity index (χ0) is 24.9. The third-order valence-electron chi connectivity index (χ3n) is 6.40. The Morgan fingerprint density at radius 3 is 2.15 bits per heavy atom. The third kappa shape index (κ3) is 5.95. The first-order chi connectivity index (χ1) is 16.1. The number of amides is 2. The van der Waals surface area contributed by atoms with E-state index < -0.39 is 23.5 Å².